The zero-order chi connectivity index (χ0) is 24.8. The highest BCUT2D eigenvalue weighted by Crippen LogP contribution is 2.33. The molecule has 4 aromatic rings. The van der Waals surface area contributed by atoms with E-state index in [0.29, 0.717) is 46.5 Å². The normalized spacial score (nSPS) is 11.3. The Labute approximate surface area is 201 Å². The lowest BCUT2D eigenvalue weighted by Gasteiger charge is -2.09. The number of nitrogens with two attached hydrogens (primary N) is 1. The number of aromatic amines is 1. The van der Waals surface area contributed by atoms with E-state index in [-0.39, 0.29) is 17.5 Å². The van der Waals surface area contributed by atoms with Crippen molar-refractivity contribution in [3.8, 4) is 11.6 Å². The molecule has 4 rings (SSSR count). The van der Waals surface area contributed by atoms with Gasteiger partial charge in [0, 0.05) is 35.7 Å². The number of hydrogen-bond acceptors (Lipinski definition) is 7. The summed E-state index contributed by atoms with van der Waals surface area (Å²) in [7, 11) is 1.22. The largest absolute Gasteiger partial charge is 0.513 e. The molecule has 5 N–H and O–H groups in total. The summed E-state index contributed by atoms with van der Waals surface area (Å²) in [6, 6.07) is 21.2. The van der Waals surface area contributed by atoms with Crippen molar-refractivity contribution >= 4 is 34.4 Å². The van der Waals surface area contributed by atoms with E-state index in [4.69, 9.17) is 15.5 Å². The third-order valence-corrected chi connectivity index (χ3v) is 5.20. The van der Waals surface area contributed by atoms with Gasteiger partial charge in [-0.2, -0.15) is 0 Å². The zero-order valence-corrected chi connectivity index (χ0v) is 18.9. The number of aromatic hydroxyl groups is 1. The van der Waals surface area contributed by atoms with Crippen LogP contribution in [0.3, 0.4) is 0 Å². The lowest BCUT2D eigenvalue weighted by molar-refractivity contribution is 0.0954. The molecule has 0 fully saturated rings. The molecule has 9 heteroatoms. The summed E-state index contributed by atoms with van der Waals surface area (Å²) in [5, 5.41) is 14.2. The van der Waals surface area contributed by atoms with Gasteiger partial charge in [-0.1, -0.05) is 30.3 Å². The number of nitrogens with zero attached hydrogens (tertiary/aromatic N) is 1. The number of ether oxygens (including phenoxy) is 2. The minimum Gasteiger partial charge on any atom is -0.494 e. The predicted molar refractivity (Wildman–Crippen MR) is 133 cm³/mol. The highest BCUT2D eigenvalue weighted by atomic mass is 16.7. The molecule has 0 bridgehead atoms. The Balaban J connectivity index is 1.77. The number of methoxy groups -OCH3 is 1. The number of hydrogen-bond donors (Lipinski definition) is 4. The summed E-state index contributed by atoms with van der Waals surface area (Å²) in [5.41, 5.74) is 8.87. The second-order valence-corrected chi connectivity index (χ2v) is 7.53. The molecule has 0 unspecified atom stereocenters. The van der Waals surface area contributed by atoms with Crippen LogP contribution in [-0.2, 0) is 4.74 Å². The Morgan fingerprint density at radius 1 is 1.03 bits per heavy atom. The molecule has 0 saturated carbocycles. The van der Waals surface area contributed by atoms with Gasteiger partial charge in [0.05, 0.1) is 29.6 Å². The molecule has 1 amide bonds. The third-order valence-electron chi connectivity index (χ3n) is 5.20. The van der Waals surface area contributed by atoms with E-state index in [9.17, 15) is 14.7 Å². The number of benzene rings is 3. The van der Waals surface area contributed by atoms with Crippen molar-refractivity contribution < 1.29 is 24.2 Å². The zero-order valence-electron chi connectivity index (χ0n) is 18.9. The first-order chi connectivity index (χ1) is 17.0. The summed E-state index contributed by atoms with van der Waals surface area (Å²) in [6.07, 6.45) is -0.841. The first-order valence-corrected chi connectivity index (χ1v) is 10.8. The van der Waals surface area contributed by atoms with Crippen LogP contribution in [0.4, 0.5) is 10.5 Å². The van der Waals surface area contributed by atoms with E-state index >= 15 is 0 Å². The molecule has 0 saturated heterocycles. The predicted octanol–water partition coefficient (Wildman–Crippen LogP) is 3.88. The summed E-state index contributed by atoms with van der Waals surface area (Å²) in [6.45, 7) is 0.752. The molecular formula is C26H24N4O5. The minimum atomic E-state index is -0.841. The van der Waals surface area contributed by atoms with Crippen LogP contribution in [0.15, 0.2) is 77.8 Å². The van der Waals surface area contributed by atoms with Crippen molar-refractivity contribution in [3.05, 3.63) is 89.5 Å². The lowest BCUT2D eigenvalue weighted by atomic mass is 10.0. The number of amides is 1. The fraction of sp³-hybridized carbons (Fsp3) is 0.115. The average Bonchev–Trinajstić information content (AvgIpc) is 3.21. The number of aromatic nitrogens is 1. The number of aliphatic imine (C=N–C) groups is 1. The Morgan fingerprint density at radius 2 is 1.77 bits per heavy atom. The lowest BCUT2D eigenvalue weighted by Crippen LogP contribution is -2.28. The summed E-state index contributed by atoms with van der Waals surface area (Å²) >= 11 is 0. The number of nitrogens with one attached hydrogen (secondary N) is 2. The molecule has 0 aliphatic heterocycles. The van der Waals surface area contributed by atoms with Crippen LogP contribution in [0.5, 0.6) is 11.6 Å². The van der Waals surface area contributed by atoms with E-state index in [1.165, 1.54) is 7.11 Å². The second-order valence-electron chi connectivity index (χ2n) is 7.53. The molecule has 0 aliphatic carbocycles. The monoisotopic (exact) mass is 472 g/mol. The maximum Gasteiger partial charge on any atom is 0.513 e. The third kappa shape index (κ3) is 5.31. The van der Waals surface area contributed by atoms with E-state index < -0.39 is 6.16 Å². The van der Waals surface area contributed by atoms with E-state index in [1.807, 2.05) is 30.3 Å². The molecule has 35 heavy (non-hydrogen) atoms. The first-order valence-electron chi connectivity index (χ1n) is 10.8. The minimum absolute atomic E-state index is 0.0874. The van der Waals surface area contributed by atoms with Gasteiger partial charge in [0.2, 0.25) is 0 Å². The number of rotatable bonds is 7. The molecule has 1 heterocycles. The topological polar surface area (TPSA) is 139 Å². The van der Waals surface area contributed by atoms with Crippen molar-refractivity contribution in [2.45, 2.75) is 0 Å². The van der Waals surface area contributed by atoms with E-state index in [2.05, 4.69) is 15.0 Å². The van der Waals surface area contributed by atoms with Gasteiger partial charge in [-0.15, -0.1) is 0 Å². The van der Waals surface area contributed by atoms with Gasteiger partial charge < -0.3 is 30.6 Å². The molecule has 0 radical (unpaired) electrons. The van der Waals surface area contributed by atoms with Crippen LogP contribution in [0, 0.1) is 0 Å². The van der Waals surface area contributed by atoms with E-state index in [0.717, 1.165) is 5.56 Å². The Hall–Kier alpha value is -4.63. The molecule has 1 aromatic heterocycles. The maximum absolute atomic E-state index is 12.2. The average molecular weight is 473 g/mol. The number of fused-ring (bicyclic) bond motifs is 1. The summed E-state index contributed by atoms with van der Waals surface area (Å²) < 4.78 is 9.61. The van der Waals surface area contributed by atoms with Gasteiger partial charge >= 0.3 is 6.16 Å². The van der Waals surface area contributed by atoms with Crippen LogP contribution < -0.4 is 15.8 Å². The molecule has 3 aromatic carbocycles. The molecular weight excluding hydrogens is 448 g/mol. The standard InChI is InChI=1S/C26H24N4O5/c1-34-26(33)35-19-11-12-20-21(15-19)30-25(32)22(20)23(16-5-3-2-4-6-16)29-18-9-7-17(8-10-18)24(31)28-14-13-27/h2-12,15,30,32H,13-14,27H2,1H3,(H,28,31). The van der Waals surface area contributed by atoms with Crippen LogP contribution in [0.25, 0.3) is 10.9 Å². The number of H-pyrrole nitrogens is 1. The smallest absolute Gasteiger partial charge is 0.494 e. The van der Waals surface area contributed by atoms with Crippen molar-refractivity contribution in [1.82, 2.24) is 10.3 Å². The molecule has 0 atom stereocenters. The maximum atomic E-state index is 12.2. The van der Waals surface area contributed by atoms with Gasteiger partial charge in [-0.05, 0) is 36.4 Å². The van der Waals surface area contributed by atoms with E-state index in [1.54, 1.807) is 42.5 Å². The van der Waals surface area contributed by atoms with Gasteiger partial charge in [0.25, 0.3) is 5.91 Å². The Morgan fingerprint density at radius 3 is 2.46 bits per heavy atom. The molecule has 0 aliphatic rings. The SMILES string of the molecule is COC(=O)Oc1ccc2c(C(=Nc3ccc(C(=O)NCCN)cc3)c3ccccc3)c(O)[nH]c2c1. The number of carbonyl (C=O) groups is 2. The quantitative estimate of drug-likeness (QED) is 0.183. The van der Waals surface area contributed by atoms with Gasteiger partial charge in [0.15, 0.2) is 5.88 Å². The highest BCUT2D eigenvalue weighted by Gasteiger charge is 2.19. The van der Waals surface area contributed by atoms with Crippen LogP contribution in [-0.4, -0.2) is 48.1 Å². The fourth-order valence-electron chi connectivity index (χ4n) is 3.57. The van der Waals surface area contributed by atoms with Gasteiger partial charge in [0.1, 0.15) is 5.75 Å². The molecule has 0 spiro atoms. The number of carbonyl (C=O) groups excluding carboxylic acids is 2. The summed E-state index contributed by atoms with van der Waals surface area (Å²) in [5.74, 6) is -0.0389. The Kier molecular flexibility index (Phi) is 7.08. The Bertz CT molecular complexity index is 1380. The van der Waals surface area contributed by atoms with Gasteiger partial charge in [-0.25, -0.2) is 9.79 Å². The summed E-state index contributed by atoms with van der Waals surface area (Å²) in [4.78, 5) is 31.3. The van der Waals surface area contributed by atoms with Crippen molar-refractivity contribution in [2.24, 2.45) is 10.7 Å². The van der Waals surface area contributed by atoms with Gasteiger partial charge in [-0.3, -0.25) is 4.79 Å². The first kappa shape index (κ1) is 23.5. The molecule has 178 valence electrons. The highest BCUT2D eigenvalue weighted by molar-refractivity contribution is 6.22. The van der Waals surface area contributed by atoms with Crippen molar-refractivity contribution in [3.63, 3.8) is 0 Å². The van der Waals surface area contributed by atoms with Crippen molar-refractivity contribution in [1.29, 1.82) is 0 Å². The fourth-order valence-corrected chi connectivity index (χ4v) is 3.57. The van der Waals surface area contributed by atoms with Crippen molar-refractivity contribution in [2.75, 3.05) is 20.2 Å². The molecule has 9 nitrogen and oxygen atoms in total. The van der Waals surface area contributed by atoms with Crippen LogP contribution >= 0.6 is 0 Å². The van der Waals surface area contributed by atoms with Crippen LogP contribution in [0.1, 0.15) is 21.5 Å². The second kappa shape index (κ2) is 10.5. The van der Waals surface area contributed by atoms with Crippen LogP contribution in [0.2, 0.25) is 0 Å².